The smallest absolute Gasteiger partial charge is 0.189 e. The Balaban J connectivity index is 0.000000194. The number of aliphatic hydroxyl groups is 1. The number of ether oxygens (including phenoxy) is 2. The lowest BCUT2D eigenvalue weighted by Crippen LogP contribution is -2.67. The SMILES string of the molecule is CC(CCC(=O)C(C)(C)C)C1CC[C@@]2(C)C34CC[C@H]5C(C)(C)[C@@H](O[Si](C)(C)C(C)C)CC[C@]5(C)C3(CC[C@]12C)O4.CC(CCC(=O)C(C)(C)O)C1CC[C@@]2(C)C34CC[C@H]5C(C)(C)[C@@H](O[Si](C)(C)C(C)C)CC[C@]5(C)C3(CC[C@]12C)O4. The van der Waals surface area contributed by atoms with Crippen LogP contribution in [0.4, 0.5) is 0 Å². The van der Waals surface area contributed by atoms with Gasteiger partial charge in [0.05, 0.1) is 12.2 Å². The van der Waals surface area contributed by atoms with Gasteiger partial charge in [0.25, 0.3) is 0 Å². The molecule has 2 saturated heterocycles. The quantitative estimate of drug-likeness (QED) is 0.129. The fourth-order valence-electron chi connectivity index (χ4n) is 23.1. The van der Waals surface area contributed by atoms with Gasteiger partial charge in [-0.25, -0.2) is 0 Å². The molecule has 0 aromatic heterocycles. The van der Waals surface area contributed by atoms with Crippen molar-refractivity contribution in [3.05, 3.63) is 0 Å². The lowest BCUT2D eigenvalue weighted by atomic mass is 9.38. The summed E-state index contributed by atoms with van der Waals surface area (Å²) in [6.07, 6.45) is 23.6. The molecule has 10 aliphatic rings. The molecule has 0 aromatic carbocycles. The summed E-state index contributed by atoms with van der Waals surface area (Å²) < 4.78 is 29.0. The monoisotopic (exact) mass is 1150 g/mol. The van der Waals surface area contributed by atoms with Crippen LogP contribution in [0, 0.1) is 84.2 Å². The molecule has 0 aromatic rings. The van der Waals surface area contributed by atoms with Crippen molar-refractivity contribution in [1.29, 1.82) is 0 Å². The highest BCUT2D eigenvalue weighted by Gasteiger charge is 2.92. The van der Waals surface area contributed by atoms with Crippen molar-refractivity contribution >= 4 is 28.2 Å². The predicted octanol–water partition coefficient (Wildman–Crippen LogP) is 18.7. The summed E-state index contributed by atoms with van der Waals surface area (Å²) in [6.45, 7) is 59.2. The van der Waals surface area contributed by atoms with Gasteiger partial charge in [-0.3, -0.25) is 9.59 Å². The van der Waals surface area contributed by atoms with E-state index in [1.54, 1.807) is 13.8 Å². The molecular formula is C71H126O7Si2. The van der Waals surface area contributed by atoms with E-state index in [4.69, 9.17) is 18.3 Å². The van der Waals surface area contributed by atoms with E-state index in [1.165, 1.54) is 96.3 Å². The van der Waals surface area contributed by atoms with E-state index in [0.29, 0.717) is 76.4 Å². The molecule has 7 nitrogen and oxygen atoms in total. The first-order valence-corrected chi connectivity index (χ1v) is 39.8. The number of carbonyl (C=O) groups is 2. The summed E-state index contributed by atoms with van der Waals surface area (Å²) in [5, 5.41) is 10.2. The topological polar surface area (TPSA) is 97.9 Å². The van der Waals surface area contributed by atoms with Crippen LogP contribution in [0.2, 0.25) is 37.3 Å². The zero-order chi connectivity index (χ0) is 59.9. The Morgan fingerprint density at radius 2 is 0.825 bits per heavy atom. The molecule has 8 saturated carbocycles. The summed E-state index contributed by atoms with van der Waals surface area (Å²) in [5.74, 6) is 4.05. The minimum absolute atomic E-state index is 0.00531. The van der Waals surface area contributed by atoms with Gasteiger partial charge in [0.1, 0.15) is 33.8 Å². The lowest BCUT2D eigenvalue weighted by Gasteiger charge is -2.64. The van der Waals surface area contributed by atoms with E-state index in [1.807, 2.05) is 0 Å². The molecule has 0 radical (unpaired) electrons. The third-order valence-corrected chi connectivity index (χ3v) is 37.6. The molecule has 10 rings (SSSR count). The van der Waals surface area contributed by atoms with E-state index in [-0.39, 0.29) is 71.5 Å². The number of carbonyl (C=O) groups excluding carboxylic acids is 2. The number of rotatable bonds is 15. The molecule has 0 amide bonds. The average Bonchev–Trinajstić information content (AvgIpc) is 4.19. The van der Waals surface area contributed by atoms with Crippen LogP contribution in [0.1, 0.15) is 274 Å². The molecule has 10 fully saturated rings. The van der Waals surface area contributed by atoms with Crippen molar-refractivity contribution in [1.82, 2.24) is 0 Å². The van der Waals surface area contributed by atoms with Crippen LogP contribution >= 0.6 is 0 Å². The second kappa shape index (κ2) is 19.5. The van der Waals surface area contributed by atoms with Crippen LogP contribution < -0.4 is 0 Å². The molecule has 80 heavy (non-hydrogen) atoms. The molecular weight excluding hydrogens is 1020 g/mol. The van der Waals surface area contributed by atoms with Crippen LogP contribution in [0.15, 0.2) is 0 Å². The van der Waals surface area contributed by atoms with Crippen LogP contribution in [-0.4, -0.2) is 73.5 Å². The van der Waals surface area contributed by atoms with Gasteiger partial charge < -0.3 is 23.4 Å². The molecule has 2 aliphatic heterocycles. The normalized spacial score (nSPS) is 46.7. The molecule has 9 heteroatoms. The van der Waals surface area contributed by atoms with Crippen molar-refractivity contribution in [2.75, 3.05) is 0 Å². The minimum atomic E-state index is -1.73. The van der Waals surface area contributed by atoms with Gasteiger partial charge in [-0.1, -0.05) is 132 Å². The van der Waals surface area contributed by atoms with Crippen LogP contribution in [0.3, 0.4) is 0 Å². The van der Waals surface area contributed by atoms with Crippen LogP contribution in [0.25, 0.3) is 0 Å². The zero-order valence-electron chi connectivity index (χ0n) is 56.8. The Morgan fingerprint density at radius 1 is 0.475 bits per heavy atom. The van der Waals surface area contributed by atoms with Gasteiger partial charge >= 0.3 is 0 Å². The van der Waals surface area contributed by atoms with Gasteiger partial charge in [0.2, 0.25) is 0 Å². The predicted molar refractivity (Wildman–Crippen MR) is 335 cm³/mol. The fourth-order valence-corrected chi connectivity index (χ4v) is 26.0. The van der Waals surface area contributed by atoms with Crippen molar-refractivity contribution in [2.45, 2.75) is 351 Å². The van der Waals surface area contributed by atoms with Crippen molar-refractivity contribution in [3.63, 3.8) is 0 Å². The van der Waals surface area contributed by atoms with Crippen LogP contribution in [0.5, 0.6) is 0 Å². The maximum atomic E-state index is 12.8. The molecule has 18 atom stereocenters. The van der Waals surface area contributed by atoms with Crippen molar-refractivity contribution in [3.8, 4) is 0 Å². The third-order valence-electron chi connectivity index (χ3n) is 30.2. The summed E-state index contributed by atoms with van der Waals surface area (Å²) >= 11 is 0. The van der Waals surface area contributed by atoms with E-state index in [2.05, 4.69) is 158 Å². The lowest BCUT2D eigenvalue weighted by molar-refractivity contribution is -0.154. The van der Waals surface area contributed by atoms with Gasteiger partial charge in [-0.15, -0.1) is 0 Å². The molecule has 8 unspecified atom stereocenters. The van der Waals surface area contributed by atoms with E-state index < -0.39 is 22.2 Å². The number of ketones is 2. The number of hydrogen-bond acceptors (Lipinski definition) is 7. The van der Waals surface area contributed by atoms with Gasteiger partial charge in [-0.2, -0.15) is 0 Å². The first-order chi connectivity index (χ1) is 36.3. The second-order valence-electron chi connectivity index (χ2n) is 36.5. The Hall–Kier alpha value is -0.426. The summed E-state index contributed by atoms with van der Waals surface area (Å²) in [5.41, 5.74) is 1.61. The molecule has 8 aliphatic carbocycles. The Kier molecular flexibility index (Phi) is 15.6. The number of epoxide rings is 2. The molecule has 0 bridgehead atoms. The highest BCUT2D eigenvalue weighted by molar-refractivity contribution is 6.72. The second-order valence-corrected chi connectivity index (χ2v) is 45.7. The highest BCUT2D eigenvalue weighted by Crippen LogP contribution is 2.88. The number of fused-ring (bicyclic) bond motifs is 4. The maximum absolute atomic E-state index is 12.8. The largest absolute Gasteiger partial charge is 0.414 e. The van der Waals surface area contributed by atoms with E-state index in [0.717, 1.165) is 25.7 Å². The highest BCUT2D eigenvalue weighted by atomic mass is 28.4. The maximum Gasteiger partial charge on any atom is 0.189 e. The molecule has 1 N–H and O–H groups in total. The summed E-state index contributed by atoms with van der Waals surface area (Å²) in [7, 11) is -3.45. The third kappa shape index (κ3) is 8.63. The van der Waals surface area contributed by atoms with E-state index >= 15 is 0 Å². The molecule has 2 heterocycles. The number of hydrogen-bond donors (Lipinski definition) is 1. The Bertz CT molecular complexity index is 2220. The Morgan fingerprint density at radius 3 is 1.15 bits per heavy atom. The van der Waals surface area contributed by atoms with Gasteiger partial charge in [0, 0.05) is 39.9 Å². The fraction of sp³-hybridized carbons (Fsp3) is 0.972. The van der Waals surface area contributed by atoms with Gasteiger partial charge in [-0.05, 0) is 224 Å². The van der Waals surface area contributed by atoms with Crippen molar-refractivity contribution < 1.29 is 33.0 Å². The standard InChI is InChI=1S/C36H64O3Si.C35H62O4Si/c1-24(2)40(12,13)38-29-18-19-33(10)27(31(29,7)8)17-21-36-34(11)20-16-26(25(3)14-15-28(37)30(4,5)6)32(34,9)22-23-35(33,36)39-36;1-23(2)40(11,12)38-28-17-18-32(9)26(29(28,4)5)16-20-35-33(10)19-15-25(24(3)13-14-27(36)30(6,7)37)31(33,8)21-22-34(32,35)39-35/h24-27,29H,14-23H2,1-13H3;23-26,28,37H,13-22H2,1-12H3/t25?,26?,27-,29-,32+,33-,34+,35?,36?;24?,25?,26-,28-,31+,32-,33+,34?,35?/m00/s1. The van der Waals surface area contributed by atoms with Gasteiger partial charge in [0.15, 0.2) is 22.4 Å². The first kappa shape index (κ1) is 64.1. The van der Waals surface area contributed by atoms with E-state index in [9.17, 15) is 14.7 Å². The molecule has 0 spiro atoms. The average molecular weight is 1150 g/mol. The first-order valence-electron chi connectivity index (χ1n) is 33.9. The summed E-state index contributed by atoms with van der Waals surface area (Å²) in [6, 6.07) is 0. The Labute approximate surface area is 494 Å². The molecule has 460 valence electrons. The minimum Gasteiger partial charge on any atom is -0.414 e. The summed E-state index contributed by atoms with van der Waals surface area (Å²) in [4.78, 5) is 25.3. The number of Topliss-reactive ketones (excluding diaryl/α,β-unsaturated/α-hetero) is 2. The van der Waals surface area contributed by atoms with Crippen molar-refractivity contribution in [2.24, 2.45) is 84.2 Å². The zero-order valence-corrected chi connectivity index (χ0v) is 58.8. The van der Waals surface area contributed by atoms with Crippen LogP contribution in [-0.2, 0) is 27.9 Å².